The first kappa shape index (κ1) is 25.2. The summed E-state index contributed by atoms with van der Waals surface area (Å²) in [5, 5.41) is 15.7. The Morgan fingerprint density at radius 1 is 1.10 bits per heavy atom. The molecule has 1 aliphatic rings. The van der Waals surface area contributed by atoms with E-state index in [1.165, 1.54) is 30.2 Å². The Morgan fingerprint density at radius 3 is 2.77 bits per heavy atom. The first-order chi connectivity index (χ1) is 19.0. The lowest BCUT2D eigenvalue weighted by atomic mass is 10.0. The van der Waals surface area contributed by atoms with E-state index in [2.05, 4.69) is 28.5 Å². The number of benzene rings is 2. The highest BCUT2D eigenvalue weighted by Gasteiger charge is 2.24. The number of aromatic nitrogens is 3. The Morgan fingerprint density at radius 2 is 1.92 bits per heavy atom. The second-order valence-corrected chi connectivity index (χ2v) is 10.8. The molecule has 39 heavy (non-hydrogen) atoms. The molecule has 1 aliphatic heterocycles. The predicted molar refractivity (Wildman–Crippen MR) is 151 cm³/mol. The number of hydrogen-bond acceptors (Lipinski definition) is 9. The average Bonchev–Trinajstić information content (AvgIpc) is 3.56. The summed E-state index contributed by atoms with van der Waals surface area (Å²) in [5.41, 5.74) is 4.67. The molecule has 5 aromatic rings. The molecule has 2 aromatic carbocycles. The van der Waals surface area contributed by atoms with E-state index < -0.39 is 5.97 Å². The smallest absolute Gasteiger partial charge is 0.341 e. The molecule has 0 saturated heterocycles. The first-order valence-corrected chi connectivity index (χ1v) is 14.2. The molecule has 0 fully saturated rings. The number of nitrogens with one attached hydrogen (secondary N) is 1. The Balaban J connectivity index is 1.18. The van der Waals surface area contributed by atoms with Gasteiger partial charge in [0, 0.05) is 28.5 Å². The number of amides is 1. The van der Waals surface area contributed by atoms with Gasteiger partial charge in [0.05, 0.1) is 12.6 Å². The highest BCUT2D eigenvalue weighted by atomic mass is 32.2. The summed E-state index contributed by atoms with van der Waals surface area (Å²) in [4.78, 5) is 25.7. The van der Waals surface area contributed by atoms with Crippen molar-refractivity contribution in [1.29, 1.82) is 0 Å². The third-order valence-corrected chi connectivity index (χ3v) is 8.25. The van der Waals surface area contributed by atoms with Crippen molar-refractivity contribution >= 4 is 56.5 Å². The topological polar surface area (TPSA) is 104 Å². The van der Waals surface area contributed by atoms with Crippen molar-refractivity contribution in [3.63, 3.8) is 0 Å². The zero-order chi connectivity index (χ0) is 26.9. The van der Waals surface area contributed by atoms with Gasteiger partial charge in [-0.25, -0.2) is 4.79 Å². The minimum Gasteiger partial charge on any atom is -0.486 e. The van der Waals surface area contributed by atoms with Gasteiger partial charge in [-0.2, -0.15) is 0 Å². The summed E-state index contributed by atoms with van der Waals surface area (Å²) >= 11 is 2.74. The van der Waals surface area contributed by atoms with Crippen LogP contribution >= 0.6 is 23.1 Å². The number of thiophene rings is 1. The lowest BCUT2D eigenvalue weighted by Crippen LogP contribution is -2.15. The van der Waals surface area contributed by atoms with Crippen LogP contribution in [0.15, 0.2) is 59.1 Å². The zero-order valence-electron chi connectivity index (χ0n) is 21.2. The number of para-hydroxylation sites is 1. The molecule has 1 N–H and O–H groups in total. The average molecular weight is 561 g/mol. The van der Waals surface area contributed by atoms with E-state index in [1.807, 2.05) is 52.2 Å². The van der Waals surface area contributed by atoms with Crippen LogP contribution in [0.1, 0.15) is 22.3 Å². The summed E-state index contributed by atoms with van der Waals surface area (Å²) in [6, 6.07) is 15.6. The maximum atomic E-state index is 12.9. The second-order valence-electron chi connectivity index (χ2n) is 8.87. The van der Waals surface area contributed by atoms with Crippen LogP contribution in [0, 0.1) is 6.92 Å². The van der Waals surface area contributed by atoms with Crippen LogP contribution in [0.25, 0.3) is 27.7 Å². The van der Waals surface area contributed by atoms with E-state index in [0.717, 1.165) is 32.8 Å². The zero-order valence-corrected chi connectivity index (χ0v) is 22.9. The number of carbonyl (C=O) groups excluding carboxylic acids is 2. The van der Waals surface area contributed by atoms with Gasteiger partial charge in [0.1, 0.15) is 23.8 Å². The van der Waals surface area contributed by atoms with Crippen molar-refractivity contribution in [3.05, 3.63) is 65.0 Å². The number of fused-ring (bicyclic) bond motifs is 4. The van der Waals surface area contributed by atoms with Crippen LogP contribution in [0.4, 0.5) is 5.00 Å². The van der Waals surface area contributed by atoms with Gasteiger partial charge in [0.2, 0.25) is 5.91 Å². The van der Waals surface area contributed by atoms with E-state index in [-0.39, 0.29) is 12.3 Å². The van der Waals surface area contributed by atoms with Gasteiger partial charge in [-0.05, 0) is 42.3 Å². The standard InChI is InChI=1S/C28H24N4O5S2/c1-16-13-23-30-31-28(32(23)20-6-4-3-5-18(16)20)38-12-9-24(33)29-26-25(27(34)35-2)19(15-39-26)17-7-8-21-22(14-17)37-11-10-36-21/h3-8,13-15H,9-12H2,1-2H3,(H,29,33). The van der Waals surface area contributed by atoms with Gasteiger partial charge < -0.3 is 19.5 Å². The van der Waals surface area contributed by atoms with Crippen molar-refractivity contribution < 1.29 is 23.8 Å². The fraction of sp³-hybridized carbons (Fsp3) is 0.214. The van der Waals surface area contributed by atoms with Crippen LogP contribution in [-0.4, -0.2) is 52.6 Å². The minimum absolute atomic E-state index is 0.210. The highest BCUT2D eigenvalue weighted by molar-refractivity contribution is 7.99. The summed E-state index contributed by atoms with van der Waals surface area (Å²) < 4.78 is 18.4. The molecule has 198 valence electrons. The quantitative estimate of drug-likeness (QED) is 0.203. The van der Waals surface area contributed by atoms with E-state index in [9.17, 15) is 9.59 Å². The van der Waals surface area contributed by atoms with Gasteiger partial charge in [-0.1, -0.05) is 36.0 Å². The number of nitrogens with zero attached hydrogens (tertiary/aromatic N) is 3. The number of aryl methyl sites for hydroxylation is 1. The van der Waals surface area contributed by atoms with Crippen molar-refractivity contribution in [2.75, 3.05) is 31.4 Å². The number of methoxy groups -OCH3 is 1. The van der Waals surface area contributed by atoms with Crippen LogP contribution in [0.5, 0.6) is 11.5 Å². The van der Waals surface area contributed by atoms with Crippen molar-refractivity contribution in [2.45, 2.75) is 18.5 Å². The third-order valence-electron chi connectivity index (χ3n) is 6.42. The van der Waals surface area contributed by atoms with Gasteiger partial charge in [0.25, 0.3) is 0 Å². The molecule has 9 nitrogen and oxygen atoms in total. The van der Waals surface area contributed by atoms with Crippen LogP contribution < -0.4 is 14.8 Å². The number of anilines is 1. The lowest BCUT2D eigenvalue weighted by Gasteiger charge is -2.19. The molecule has 11 heteroatoms. The van der Waals surface area contributed by atoms with Gasteiger partial charge in [0.15, 0.2) is 22.3 Å². The van der Waals surface area contributed by atoms with Gasteiger partial charge in [-0.15, -0.1) is 21.5 Å². The molecular formula is C28H24N4O5S2. The maximum Gasteiger partial charge on any atom is 0.341 e. The van der Waals surface area contributed by atoms with E-state index >= 15 is 0 Å². The lowest BCUT2D eigenvalue weighted by molar-refractivity contribution is -0.115. The largest absolute Gasteiger partial charge is 0.486 e. The van der Waals surface area contributed by atoms with Crippen molar-refractivity contribution in [2.24, 2.45) is 0 Å². The normalized spacial score (nSPS) is 12.6. The molecule has 0 radical (unpaired) electrons. The van der Waals surface area contributed by atoms with Gasteiger partial charge >= 0.3 is 5.97 Å². The van der Waals surface area contributed by atoms with Crippen LogP contribution in [0.2, 0.25) is 0 Å². The molecule has 6 rings (SSSR count). The Kier molecular flexibility index (Phi) is 6.84. The highest BCUT2D eigenvalue weighted by Crippen LogP contribution is 2.40. The SMILES string of the molecule is COC(=O)c1c(-c2ccc3c(c2)OCCO3)csc1NC(=O)CCSc1nnc2cc(C)c3ccccc3n12. The number of rotatable bonds is 7. The molecule has 0 atom stereocenters. The number of thioether (sulfide) groups is 1. The predicted octanol–water partition coefficient (Wildman–Crippen LogP) is 5.60. The summed E-state index contributed by atoms with van der Waals surface area (Å²) in [5.74, 6) is 1.03. The number of carbonyl (C=O) groups is 2. The molecule has 3 aromatic heterocycles. The number of ether oxygens (including phenoxy) is 3. The fourth-order valence-electron chi connectivity index (χ4n) is 4.57. The summed E-state index contributed by atoms with van der Waals surface area (Å²) in [7, 11) is 1.32. The minimum atomic E-state index is -0.525. The molecule has 0 bridgehead atoms. The maximum absolute atomic E-state index is 12.9. The molecule has 0 saturated carbocycles. The van der Waals surface area contributed by atoms with Crippen LogP contribution in [-0.2, 0) is 9.53 Å². The Labute approximate surface area is 232 Å². The van der Waals surface area contributed by atoms with Gasteiger partial charge in [-0.3, -0.25) is 9.20 Å². The Hall–Kier alpha value is -4.09. The monoisotopic (exact) mass is 560 g/mol. The molecule has 0 aliphatic carbocycles. The van der Waals surface area contributed by atoms with Crippen LogP contribution in [0.3, 0.4) is 0 Å². The molecule has 1 amide bonds. The molecule has 0 spiro atoms. The first-order valence-electron chi connectivity index (χ1n) is 12.3. The fourth-order valence-corrected chi connectivity index (χ4v) is 6.43. The second kappa shape index (κ2) is 10.6. The summed E-state index contributed by atoms with van der Waals surface area (Å²) in [6.45, 7) is 3.01. The molecule has 4 heterocycles. The van der Waals surface area contributed by atoms with E-state index in [0.29, 0.717) is 46.6 Å². The number of esters is 1. The third kappa shape index (κ3) is 4.79. The van der Waals surface area contributed by atoms with E-state index in [4.69, 9.17) is 14.2 Å². The molecular weight excluding hydrogens is 536 g/mol. The summed E-state index contributed by atoms with van der Waals surface area (Å²) in [6.07, 6.45) is 0.223. The number of hydrogen-bond donors (Lipinski definition) is 1. The van der Waals surface area contributed by atoms with Crippen molar-refractivity contribution in [1.82, 2.24) is 14.6 Å². The van der Waals surface area contributed by atoms with Crippen molar-refractivity contribution in [3.8, 4) is 22.6 Å². The molecule has 0 unspecified atom stereocenters. The number of pyridine rings is 1. The van der Waals surface area contributed by atoms with E-state index in [1.54, 1.807) is 0 Å². The Bertz CT molecular complexity index is 1730.